The molecule has 2 aliphatic heterocycles. The summed E-state index contributed by atoms with van der Waals surface area (Å²) in [7, 11) is 0. The highest BCUT2D eigenvalue weighted by atomic mass is 32.2. The monoisotopic (exact) mass is 402 g/mol. The van der Waals surface area contributed by atoms with E-state index in [9.17, 15) is 9.18 Å². The lowest BCUT2D eigenvalue weighted by molar-refractivity contribution is 0.0650. The lowest BCUT2D eigenvalue weighted by Crippen LogP contribution is -2.45. The average molecular weight is 403 g/mol. The van der Waals surface area contributed by atoms with Crippen LogP contribution < -0.4 is 0 Å². The van der Waals surface area contributed by atoms with Crippen molar-refractivity contribution in [3.63, 3.8) is 0 Å². The predicted octanol–water partition coefficient (Wildman–Crippen LogP) is 4.41. The molecule has 28 heavy (non-hydrogen) atoms. The van der Waals surface area contributed by atoms with Gasteiger partial charge in [0.25, 0.3) is 5.91 Å². The fraction of sp³-hybridized carbons (Fsp3) is 0.500. The standard InChI is InChI=1S/C22H27FN2O2S/c1-28-14-19-7-8-20(27-19)21(26)25-12-10-22(16-25)9-2-11-24(15-22)13-17-3-5-18(23)6-4-17/h3-8H,2,9-16H2,1H3/t22-/m1/s1. The molecule has 2 fully saturated rings. The molecule has 1 amide bonds. The highest BCUT2D eigenvalue weighted by molar-refractivity contribution is 7.97. The van der Waals surface area contributed by atoms with Crippen molar-refractivity contribution in [3.05, 3.63) is 59.3 Å². The molecule has 2 aliphatic rings. The van der Waals surface area contributed by atoms with Crippen molar-refractivity contribution in [2.75, 3.05) is 32.4 Å². The first kappa shape index (κ1) is 19.5. The maximum Gasteiger partial charge on any atom is 0.289 e. The van der Waals surface area contributed by atoms with Crippen molar-refractivity contribution < 1.29 is 13.6 Å². The maximum absolute atomic E-state index is 13.1. The van der Waals surface area contributed by atoms with E-state index in [0.717, 1.165) is 69.1 Å². The molecule has 1 aromatic heterocycles. The van der Waals surface area contributed by atoms with Crippen LogP contribution in [0.4, 0.5) is 4.39 Å². The number of thioether (sulfide) groups is 1. The van der Waals surface area contributed by atoms with Crippen LogP contribution in [0.25, 0.3) is 0 Å². The molecule has 150 valence electrons. The van der Waals surface area contributed by atoms with E-state index in [1.807, 2.05) is 29.4 Å². The summed E-state index contributed by atoms with van der Waals surface area (Å²) in [6.45, 7) is 4.48. The molecule has 0 unspecified atom stereocenters. The van der Waals surface area contributed by atoms with Crippen molar-refractivity contribution in [2.45, 2.75) is 31.6 Å². The summed E-state index contributed by atoms with van der Waals surface area (Å²) >= 11 is 1.69. The first-order valence-electron chi connectivity index (χ1n) is 9.91. The summed E-state index contributed by atoms with van der Waals surface area (Å²) in [4.78, 5) is 17.3. The van der Waals surface area contributed by atoms with Crippen molar-refractivity contribution in [1.29, 1.82) is 0 Å². The minimum Gasteiger partial charge on any atom is -0.455 e. The van der Waals surface area contributed by atoms with Gasteiger partial charge in [-0.05, 0) is 61.9 Å². The largest absolute Gasteiger partial charge is 0.455 e. The van der Waals surface area contributed by atoms with Gasteiger partial charge in [-0.1, -0.05) is 12.1 Å². The molecule has 2 aromatic rings. The fourth-order valence-corrected chi connectivity index (χ4v) is 5.04. The third-order valence-electron chi connectivity index (χ3n) is 5.94. The lowest BCUT2D eigenvalue weighted by atomic mass is 9.79. The van der Waals surface area contributed by atoms with Crippen molar-refractivity contribution in [3.8, 4) is 0 Å². The first-order valence-corrected chi connectivity index (χ1v) is 11.3. The molecule has 1 spiro atoms. The van der Waals surface area contributed by atoms with Crippen LogP contribution >= 0.6 is 11.8 Å². The number of likely N-dealkylation sites (tertiary alicyclic amines) is 2. The molecule has 0 saturated carbocycles. The van der Waals surface area contributed by atoms with E-state index in [4.69, 9.17) is 4.42 Å². The molecule has 0 bridgehead atoms. The molecule has 1 atom stereocenters. The quantitative estimate of drug-likeness (QED) is 0.742. The Labute approximate surface area is 170 Å². The van der Waals surface area contributed by atoms with Gasteiger partial charge in [-0.3, -0.25) is 9.69 Å². The number of furan rings is 1. The second kappa shape index (κ2) is 8.29. The molecule has 4 nitrogen and oxygen atoms in total. The minimum atomic E-state index is -0.192. The molecule has 1 aromatic carbocycles. The lowest BCUT2D eigenvalue weighted by Gasteiger charge is -2.40. The Hall–Kier alpha value is -1.79. The Morgan fingerprint density at radius 3 is 2.75 bits per heavy atom. The molecule has 2 saturated heterocycles. The zero-order valence-corrected chi connectivity index (χ0v) is 17.1. The Balaban J connectivity index is 1.38. The van der Waals surface area contributed by atoms with Gasteiger partial charge in [0.15, 0.2) is 5.76 Å². The number of benzene rings is 1. The third-order valence-corrected chi connectivity index (χ3v) is 6.52. The number of rotatable bonds is 5. The predicted molar refractivity (Wildman–Crippen MR) is 110 cm³/mol. The number of amides is 1. The number of hydrogen-bond donors (Lipinski definition) is 0. The van der Waals surface area contributed by atoms with E-state index >= 15 is 0 Å². The summed E-state index contributed by atoms with van der Waals surface area (Å²) in [5, 5.41) is 0. The molecule has 4 rings (SSSR count). The minimum absolute atomic E-state index is 0.0138. The van der Waals surface area contributed by atoms with Crippen LogP contribution in [0.5, 0.6) is 0 Å². The van der Waals surface area contributed by atoms with Gasteiger partial charge in [0.2, 0.25) is 0 Å². The molecule has 6 heteroatoms. The smallest absolute Gasteiger partial charge is 0.289 e. The zero-order valence-electron chi connectivity index (χ0n) is 16.3. The SMILES string of the molecule is CSCc1ccc(C(=O)N2CC[C@@]3(CCCN(Cc4ccc(F)cc4)C3)C2)o1. The van der Waals surface area contributed by atoms with Gasteiger partial charge in [-0.25, -0.2) is 4.39 Å². The van der Waals surface area contributed by atoms with Crippen LogP contribution in [0.15, 0.2) is 40.8 Å². The van der Waals surface area contributed by atoms with Crippen molar-refractivity contribution in [2.24, 2.45) is 5.41 Å². The Bertz CT molecular complexity index is 822. The second-order valence-electron chi connectivity index (χ2n) is 8.12. The Morgan fingerprint density at radius 2 is 1.96 bits per heavy atom. The van der Waals surface area contributed by atoms with Crippen LogP contribution in [0, 0.1) is 11.2 Å². The maximum atomic E-state index is 13.1. The van der Waals surface area contributed by atoms with Crippen molar-refractivity contribution >= 4 is 17.7 Å². The summed E-state index contributed by atoms with van der Waals surface area (Å²) in [6.07, 6.45) is 5.36. The Kier molecular flexibility index (Phi) is 5.78. The van der Waals surface area contributed by atoms with Crippen LogP contribution in [-0.2, 0) is 12.3 Å². The van der Waals surface area contributed by atoms with E-state index in [2.05, 4.69) is 4.90 Å². The topological polar surface area (TPSA) is 36.7 Å². The van der Waals surface area contributed by atoms with Crippen molar-refractivity contribution in [1.82, 2.24) is 9.80 Å². The van der Waals surface area contributed by atoms with E-state index in [-0.39, 0.29) is 17.1 Å². The molecular weight excluding hydrogens is 375 g/mol. The van der Waals surface area contributed by atoms with Crippen LogP contribution in [0.3, 0.4) is 0 Å². The Morgan fingerprint density at radius 1 is 1.14 bits per heavy atom. The number of halogens is 1. The van der Waals surface area contributed by atoms with Gasteiger partial charge in [0.05, 0.1) is 5.75 Å². The molecule has 0 aliphatic carbocycles. The van der Waals surface area contributed by atoms with Gasteiger partial charge in [0.1, 0.15) is 11.6 Å². The molecule has 3 heterocycles. The van der Waals surface area contributed by atoms with E-state index in [1.165, 1.54) is 12.1 Å². The van der Waals surface area contributed by atoms with Crippen LogP contribution in [0.2, 0.25) is 0 Å². The number of nitrogens with zero attached hydrogens (tertiary/aromatic N) is 2. The third kappa shape index (κ3) is 4.28. The van der Waals surface area contributed by atoms with E-state index in [1.54, 1.807) is 17.8 Å². The highest BCUT2D eigenvalue weighted by Gasteiger charge is 2.43. The average Bonchev–Trinajstić information content (AvgIpc) is 3.31. The number of hydrogen-bond acceptors (Lipinski definition) is 4. The van der Waals surface area contributed by atoms with E-state index in [0.29, 0.717) is 5.76 Å². The summed E-state index contributed by atoms with van der Waals surface area (Å²) < 4.78 is 18.9. The normalized spacial score (nSPS) is 22.9. The molecule has 0 radical (unpaired) electrons. The van der Waals surface area contributed by atoms with Gasteiger partial charge in [-0.2, -0.15) is 11.8 Å². The van der Waals surface area contributed by atoms with Crippen LogP contribution in [-0.4, -0.2) is 48.1 Å². The fourth-order valence-electron chi connectivity index (χ4n) is 4.60. The van der Waals surface area contributed by atoms with Gasteiger partial charge >= 0.3 is 0 Å². The molecule has 0 N–H and O–H groups in total. The number of carbonyl (C=O) groups excluding carboxylic acids is 1. The van der Waals surface area contributed by atoms with Gasteiger partial charge in [-0.15, -0.1) is 0 Å². The summed E-state index contributed by atoms with van der Waals surface area (Å²) in [5.41, 5.74) is 1.31. The summed E-state index contributed by atoms with van der Waals surface area (Å²) in [5.74, 6) is 1.92. The van der Waals surface area contributed by atoms with Gasteiger partial charge in [0, 0.05) is 31.6 Å². The summed E-state index contributed by atoms with van der Waals surface area (Å²) in [6, 6.07) is 10.5. The first-order chi connectivity index (χ1) is 13.6. The number of carbonyl (C=O) groups is 1. The highest BCUT2D eigenvalue weighted by Crippen LogP contribution is 2.40. The zero-order chi connectivity index (χ0) is 19.6. The number of piperidine rings is 1. The van der Waals surface area contributed by atoms with Crippen LogP contribution in [0.1, 0.15) is 41.1 Å². The van der Waals surface area contributed by atoms with Gasteiger partial charge < -0.3 is 9.32 Å². The van der Waals surface area contributed by atoms with E-state index < -0.39 is 0 Å². The second-order valence-corrected chi connectivity index (χ2v) is 8.98. The molecular formula is C22H27FN2O2S.